The number of rotatable bonds is 12. The van der Waals surface area contributed by atoms with Gasteiger partial charge in [-0.25, -0.2) is 19.9 Å². The topological polar surface area (TPSA) is 162 Å². The molecule has 5 aromatic carbocycles. The van der Waals surface area contributed by atoms with Crippen molar-refractivity contribution in [3.63, 3.8) is 0 Å². The number of aliphatic hydroxyl groups excluding tert-OH is 1. The van der Waals surface area contributed by atoms with Gasteiger partial charge < -0.3 is 19.3 Å². The third-order valence-corrected chi connectivity index (χ3v) is 9.71. The van der Waals surface area contributed by atoms with Gasteiger partial charge in [0.05, 0.1) is 35.3 Å². The lowest BCUT2D eigenvalue weighted by Gasteiger charge is -2.44. The molecule has 1 saturated heterocycles. The predicted octanol–water partition coefficient (Wildman–Crippen LogP) is 6.22. The molecule has 1 fully saturated rings. The number of hydrogen-bond acceptors (Lipinski definition) is 11. The molecule has 0 radical (unpaired) electrons. The first kappa shape index (κ1) is 37.4. The average molecular weight is 749 g/mol. The minimum atomic E-state index is -1.34. The van der Waals surface area contributed by atoms with Gasteiger partial charge in [-0.2, -0.15) is 10.2 Å². The van der Waals surface area contributed by atoms with Crippen LogP contribution in [0.15, 0.2) is 157 Å². The quantitative estimate of drug-likeness (QED) is 0.0633. The van der Waals surface area contributed by atoms with E-state index in [4.69, 9.17) is 19.0 Å². The highest BCUT2D eigenvalue weighted by molar-refractivity contribution is 6.04. The van der Waals surface area contributed by atoms with E-state index >= 15 is 0 Å². The third kappa shape index (κ3) is 7.30. The molecule has 0 spiro atoms. The predicted molar refractivity (Wildman–Crippen MR) is 205 cm³/mol. The molecular weight excluding hydrogens is 713 g/mol. The van der Waals surface area contributed by atoms with Gasteiger partial charge in [0, 0.05) is 12.6 Å². The van der Waals surface area contributed by atoms with Crippen molar-refractivity contribution in [2.45, 2.75) is 36.4 Å². The van der Waals surface area contributed by atoms with Crippen LogP contribution in [-0.2, 0) is 19.7 Å². The second kappa shape index (κ2) is 16.6. The van der Waals surface area contributed by atoms with E-state index in [1.54, 1.807) is 24.3 Å². The number of benzene rings is 5. The van der Waals surface area contributed by atoms with Crippen molar-refractivity contribution in [1.29, 1.82) is 5.26 Å². The van der Waals surface area contributed by atoms with Gasteiger partial charge in [0.15, 0.2) is 5.82 Å². The number of anilines is 1. The number of carbonyl (C=O) groups is 2. The van der Waals surface area contributed by atoms with E-state index < -0.39 is 47.6 Å². The minimum Gasteiger partial charge on any atom is -0.454 e. The van der Waals surface area contributed by atoms with Crippen LogP contribution in [0.1, 0.15) is 55.6 Å². The molecule has 2 heterocycles. The number of carbonyl (C=O) groups excluding carboxylic acids is 2. The number of hydrogen-bond donors (Lipinski definition) is 2. The van der Waals surface area contributed by atoms with Crippen LogP contribution in [0.2, 0.25) is 0 Å². The molecule has 2 N–H and O–H groups in total. The van der Waals surface area contributed by atoms with Crippen LogP contribution in [0.25, 0.3) is 0 Å². The Labute approximate surface area is 322 Å². The summed E-state index contributed by atoms with van der Waals surface area (Å²) in [4.78, 5) is 50.6. The lowest BCUT2D eigenvalue weighted by molar-refractivity contribution is -0.104. The summed E-state index contributed by atoms with van der Waals surface area (Å²) in [6, 6.07) is 44.1. The maximum absolute atomic E-state index is 14.8. The number of aromatic nitrogens is 2. The van der Waals surface area contributed by atoms with E-state index in [2.05, 4.69) is 10.5 Å². The van der Waals surface area contributed by atoms with Crippen molar-refractivity contribution in [3.05, 3.63) is 196 Å². The minimum absolute atomic E-state index is 0.0292. The van der Waals surface area contributed by atoms with Crippen molar-refractivity contribution in [1.82, 2.24) is 9.55 Å². The smallest absolute Gasteiger partial charge is 0.351 e. The number of aliphatic hydroxyl groups is 1. The molecule has 0 saturated carbocycles. The van der Waals surface area contributed by atoms with Crippen LogP contribution in [0.4, 0.5) is 5.82 Å². The Morgan fingerprint density at radius 3 is 1.91 bits per heavy atom. The zero-order chi connectivity index (χ0) is 39.1. The molecular formula is C44H36N4O8. The van der Waals surface area contributed by atoms with Crippen LogP contribution >= 0.6 is 0 Å². The van der Waals surface area contributed by atoms with Crippen LogP contribution in [0.5, 0.6) is 5.75 Å². The number of ether oxygens (including phenoxy) is 3. The third-order valence-electron chi connectivity index (χ3n) is 9.71. The van der Waals surface area contributed by atoms with Gasteiger partial charge in [0.2, 0.25) is 0 Å². The van der Waals surface area contributed by atoms with Crippen molar-refractivity contribution >= 4 is 17.8 Å². The number of nitriles is 1. The molecule has 0 bridgehead atoms. The molecule has 1 aliphatic heterocycles. The Bertz CT molecular complexity index is 2320. The molecule has 7 rings (SSSR count). The Morgan fingerprint density at radius 2 is 1.36 bits per heavy atom. The summed E-state index contributed by atoms with van der Waals surface area (Å²) in [5.74, 6) is -1.58. The van der Waals surface area contributed by atoms with Crippen LogP contribution < -0.4 is 15.9 Å². The van der Waals surface area contributed by atoms with Gasteiger partial charge in [-0.05, 0) is 47.0 Å². The highest BCUT2D eigenvalue weighted by Gasteiger charge is 2.55. The molecule has 56 heavy (non-hydrogen) atoms. The van der Waals surface area contributed by atoms with Crippen LogP contribution in [-0.4, -0.2) is 52.0 Å². The lowest BCUT2D eigenvalue weighted by Crippen LogP contribution is -2.53. The average Bonchev–Trinajstić information content (AvgIpc) is 3.62. The highest BCUT2D eigenvalue weighted by Crippen LogP contribution is 2.48. The van der Waals surface area contributed by atoms with Gasteiger partial charge in [0.25, 0.3) is 0 Å². The van der Waals surface area contributed by atoms with Gasteiger partial charge >= 0.3 is 17.6 Å². The lowest BCUT2D eigenvalue weighted by atomic mass is 9.64. The van der Waals surface area contributed by atoms with E-state index in [1.807, 2.05) is 97.1 Å². The number of nitrogens with zero attached hydrogens (tertiary/aromatic N) is 3. The number of para-hydroxylation sites is 1. The Balaban J connectivity index is 1.38. The Kier molecular flexibility index (Phi) is 11.1. The van der Waals surface area contributed by atoms with E-state index in [0.717, 1.165) is 0 Å². The maximum Gasteiger partial charge on any atom is 0.351 e. The maximum atomic E-state index is 14.8. The Hall–Kier alpha value is -6.91. The van der Waals surface area contributed by atoms with Gasteiger partial charge in [0.1, 0.15) is 30.3 Å². The molecule has 0 aliphatic carbocycles. The van der Waals surface area contributed by atoms with Gasteiger partial charge in [-0.1, -0.05) is 115 Å². The summed E-state index contributed by atoms with van der Waals surface area (Å²) in [5, 5.41) is 21.6. The highest BCUT2D eigenvalue weighted by atomic mass is 16.6. The van der Waals surface area contributed by atoms with E-state index in [1.165, 1.54) is 48.2 Å². The molecule has 0 amide bonds. The fraction of sp³-hybridized carbons (Fsp3) is 0.159. The van der Waals surface area contributed by atoms with Gasteiger partial charge in [-0.15, -0.1) is 0 Å². The molecule has 1 aliphatic rings. The van der Waals surface area contributed by atoms with Crippen molar-refractivity contribution < 1.29 is 33.7 Å². The summed E-state index contributed by atoms with van der Waals surface area (Å²) in [7, 11) is 1.39. The molecule has 4 atom stereocenters. The first-order valence-electron chi connectivity index (χ1n) is 17.7. The molecule has 280 valence electrons. The van der Waals surface area contributed by atoms with Crippen molar-refractivity contribution in [3.8, 4) is 11.8 Å². The monoisotopic (exact) mass is 748 g/mol. The second-order valence-corrected chi connectivity index (χ2v) is 12.9. The molecule has 6 aromatic rings. The largest absolute Gasteiger partial charge is 0.454 e. The Morgan fingerprint density at radius 1 is 0.821 bits per heavy atom. The number of nitrogens with one attached hydrogen (secondary N) is 1. The summed E-state index contributed by atoms with van der Waals surface area (Å²) in [5.41, 5.74) is 2.57. The summed E-state index contributed by atoms with van der Waals surface area (Å²) >= 11 is 0. The van der Waals surface area contributed by atoms with Crippen molar-refractivity contribution in [2.24, 2.45) is 0 Å². The fourth-order valence-corrected chi connectivity index (χ4v) is 7.23. The van der Waals surface area contributed by atoms with Crippen LogP contribution in [0.3, 0.4) is 0 Å². The van der Waals surface area contributed by atoms with E-state index in [9.17, 15) is 24.8 Å². The fourth-order valence-electron chi connectivity index (χ4n) is 7.23. The normalized spacial score (nSPS) is 17.0. The van der Waals surface area contributed by atoms with E-state index in [-0.39, 0.29) is 34.7 Å². The zero-order valence-electron chi connectivity index (χ0n) is 30.1. The number of esters is 2. The van der Waals surface area contributed by atoms with E-state index in [0.29, 0.717) is 16.7 Å². The SMILES string of the molecule is CONc1ccn([C@H]2C[C@H](O)[C@@H](C(OC(=O)c3ccccc3C(=O)Oc3ccccc3C#N)C(c3ccccc3)(c3ccccc3)c3ccccc3)O2)c(=O)n1. The molecule has 12 nitrogen and oxygen atoms in total. The summed E-state index contributed by atoms with van der Waals surface area (Å²) < 4.78 is 20.1. The summed E-state index contributed by atoms with van der Waals surface area (Å²) in [6.45, 7) is 0. The molecule has 12 heteroatoms. The van der Waals surface area contributed by atoms with Gasteiger partial charge in [-0.3, -0.25) is 9.40 Å². The zero-order valence-corrected chi connectivity index (χ0v) is 30.1. The second-order valence-electron chi connectivity index (χ2n) is 12.9. The first-order valence-corrected chi connectivity index (χ1v) is 17.7. The van der Waals surface area contributed by atoms with Crippen LogP contribution in [0, 0.1) is 11.3 Å². The summed E-state index contributed by atoms with van der Waals surface area (Å²) in [6.07, 6.45) is -3.41. The first-order chi connectivity index (χ1) is 27.3. The standard InChI is InChI=1S/C44H36N4O8/c1-53-47-37-25-26-48(43(52)46-37)38-27-35(49)39(55-38)40(44(30-16-5-2-6-17-30,31-18-7-3-8-19-31)32-20-9-4-10-21-32)56-42(51)34-23-13-12-22-33(34)41(50)54-36-24-14-11-15-29(36)28-45/h2-26,35,38-40,49H,27H2,1H3,(H,46,47,52)/t35-,38+,39-,40?/m0/s1. The van der Waals surface area contributed by atoms with Crippen molar-refractivity contribution in [2.75, 3.05) is 12.6 Å². The molecule has 1 unspecified atom stereocenters. The molecule has 1 aromatic heterocycles.